The Morgan fingerprint density at radius 2 is 0.510 bits per heavy atom. The maximum absolute atomic E-state index is 5.57. The summed E-state index contributed by atoms with van der Waals surface area (Å²) in [4.78, 5) is 6.76. The molecule has 0 aliphatic heterocycles. The van der Waals surface area contributed by atoms with Gasteiger partial charge in [0.15, 0.2) is 0 Å². The van der Waals surface area contributed by atoms with Crippen LogP contribution in [0, 0.1) is 0 Å². The van der Waals surface area contributed by atoms with Crippen LogP contribution in [0.4, 0.5) is 51.2 Å². The van der Waals surface area contributed by atoms with Crippen LogP contribution in [0.2, 0.25) is 0 Å². The second-order valence-corrected chi connectivity index (χ2v) is 11.4. The molecule has 49 heavy (non-hydrogen) atoms. The van der Waals surface area contributed by atoms with E-state index in [1.807, 2.05) is 42.5 Å². The first-order chi connectivity index (χ1) is 24.2. The van der Waals surface area contributed by atoms with Crippen molar-refractivity contribution in [3.8, 4) is 11.5 Å². The summed E-state index contributed by atoms with van der Waals surface area (Å²) in [5, 5.41) is 0. The van der Waals surface area contributed by atoms with Crippen molar-refractivity contribution in [1.29, 1.82) is 0 Å². The molecule has 0 spiro atoms. The second-order valence-electron chi connectivity index (χ2n) is 11.4. The Balaban J connectivity index is 1.27. The topological polar surface area (TPSA) is 28.2 Å². The number of ether oxygens (including phenoxy) is 2. The fourth-order valence-corrected chi connectivity index (χ4v) is 6.07. The van der Waals surface area contributed by atoms with Crippen molar-refractivity contribution < 1.29 is 9.47 Å². The Morgan fingerprint density at radius 3 is 0.796 bits per heavy atom. The number of hydrogen-bond donors (Lipinski definition) is 0. The normalized spacial score (nSPS) is 10.7. The molecule has 0 saturated carbocycles. The van der Waals surface area contributed by atoms with Crippen LogP contribution in [0.1, 0.15) is 0 Å². The molecule has 5 nitrogen and oxygen atoms in total. The van der Waals surface area contributed by atoms with E-state index in [0.717, 1.165) is 62.7 Å². The maximum Gasteiger partial charge on any atom is 0.120 e. The third-order valence-electron chi connectivity index (χ3n) is 8.40. The van der Waals surface area contributed by atoms with Gasteiger partial charge in [0.25, 0.3) is 0 Å². The lowest BCUT2D eigenvalue weighted by Crippen LogP contribution is -2.13. The highest BCUT2D eigenvalue weighted by atomic mass is 16.5. The molecule has 0 fully saturated rings. The second kappa shape index (κ2) is 14.5. The number of benzene rings is 7. The highest BCUT2D eigenvalue weighted by molar-refractivity contribution is 5.83. The highest BCUT2D eigenvalue weighted by Gasteiger charge is 2.18. The van der Waals surface area contributed by atoms with Crippen molar-refractivity contribution in [1.82, 2.24) is 0 Å². The van der Waals surface area contributed by atoms with Gasteiger partial charge >= 0.3 is 0 Å². The Bertz CT molecular complexity index is 1950. The Morgan fingerprint density at radius 1 is 0.265 bits per heavy atom. The smallest absolute Gasteiger partial charge is 0.120 e. The third kappa shape index (κ3) is 6.83. The summed E-state index contributed by atoms with van der Waals surface area (Å²) < 4.78 is 11.1. The van der Waals surface area contributed by atoms with Crippen molar-refractivity contribution in [3.05, 3.63) is 188 Å². The van der Waals surface area contributed by atoms with E-state index in [-0.39, 0.29) is 0 Å². The molecular formula is C44H37N3O2. The first-order valence-corrected chi connectivity index (χ1v) is 16.3. The van der Waals surface area contributed by atoms with E-state index in [4.69, 9.17) is 9.47 Å². The quantitative estimate of drug-likeness (QED) is 0.140. The van der Waals surface area contributed by atoms with Gasteiger partial charge in [-0.15, -0.1) is 0 Å². The Hall–Kier alpha value is -6.46. The minimum Gasteiger partial charge on any atom is -0.497 e. The van der Waals surface area contributed by atoms with Gasteiger partial charge in [-0.1, -0.05) is 66.7 Å². The number of rotatable bonds is 11. The van der Waals surface area contributed by atoms with Crippen LogP contribution in [0.3, 0.4) is 0 Å². The lowest BCUT2D eigenvalue weighted by Gasteiger charge is -2.29. The van der Waals surface area contributed by atoms with E-state index in [1.165, 1.54) is 0 Å². The van der Waals surface area contributed by atoms with Gasteiger partial charge in [-0.3, -0.25) is 0 Å². The average Bonchev–Trinajstić information content (AvgIpc) is 3.18. The van der Waals surface area contributed by atoms with Crippen molar-refractivity contribution in [2.75, 3.05) is 28.9 Å². The number of hydrogen-bond acceptors (Lipinski definition) is 5. The molecule has 0 atom stereocenters. The number of para-hydroxylation sites is 3. The fraction of sp³-hybridized carbons (Fsp3) is 0.0455. The predicted octanol–water partition coefficient (Wildman–Crippen LogP) is 12.1. The van der Waals surface area contributed by atoms with Crippen LogP contribution >= 0.6 is 0 Å². The standard InChI is InChI=1S/C44H37N3O2/c1-48-43-22-12-20-41(32-43)46(35-16-8-4-9-17-35)39-28-24-37(25-29-39)45(34-14-6-3-7-15-34)38-26-30-40(31-27-38)47(36-18-10-5-11-19-36)42-21-13-23-44(33-42)49-2/h3-33H,1-2H3. The van der Waals surface area contributed by atoms with Gasteiger partial charge in [0.1, 0.15) is 11.5 Å². The number of anilines is 9. The molecule has 0 unspecified atom stereocenters. The molecule has 7 aromatic carbocycles. The van der Waals surface area contributed by atoms with Crippen molar-refractivity contribution in [2.24, 2.45) is 0 Å². The highest BCUT2D eigenvalue weighted by Crippen LogP contribution is 2.41. The molecule has 7 rings (SSSR count). The van der Waals surface area contributed by atoms with Gasteiger partial charge in [-0.2, -0.15) is 0 Å². The third-order valence-corrected chi connectivity index (χ3v) is 8.40. The summed E-state index contributed by atoms with van der Waals surface area (Å²) in [7, 11) is 3.40. The van der Waals surface area contributed by atoms with E-state index in [2.05, 4.69) is 160 Å². The zero-order valence-corrected chi connectivity index (χ0v) is 27.6. The van der Waals surface area contributed by atoms with E-state index in [0.29, 0.717) is 0 Å². The van der Waals surface area contributed by atoms with E-state index in [1.54, 1.807) is 14.2 Å². The minimum absolute atomic E-state index is 0.811. The SMILES string of the molecule is COc1cccc(N(c2ccccc2)c2ccc(N(c3ccccc3)c3ccc(N(c4ccccc4)c4cccc(OC)c4)cc3)cc2)c1. The van der Waals surface area contributed by atoms with Crippen LogP contribution in [0.25, 0.3) is 0 Å². The average molecular weight is 640 g/mol. The van der Waals surface area contributed by atoms with Gasteiger partial charge in [-0.25, -0.2) is 0 Å². The minimum atomic E-state index is 0.811. The Labute approximate surface area is 288 Å². The fourth-order valence-electron chi connectivity index (χ4n) is 6.07. The predicted molar refractivity (Wildman–Crippen MR) is 204 cm³/mol. The van der Waals surface area contributed by atoms with Crippen LogP contribution in [-0.2, 0) is 0 Å². The molecule has 0 aliphatic carbocycles. The van der Waals surface area contributed by atoms with Crippen molar-refractivity contribution in [2.45, 2.75) is 0 Å². The maximum atomic E-state index is 5.57. The van der Waals surface area contributed by atoms with Crippen LogP contribution < -0.4 is 24.2 Å². The molecule has 0 N–H and O–H groups in total. The summed E-state index contributed by atoms with van der Waals surface area (Å²) >= 11 is 0. The zero-order valence-electron chi connectivity index (χ0n) is 27.6. The van der Waals surface area contributed by atoms with Gasteiger partial charge in [0.05, 0.1) is 14.2 Å². The van der Waals surface area contributed by atoms with Gasteiger partial charge in [-0.05, 0) is 109 Å². The summed E-state index contributed by atoms with van der Waals surface area (Å²) in [6, 6.07) is 65.0. The molecule has 0 aliphatic rings. The van der Waals surface area contributed by atoms with Crippen molar-refractivity contribution in [3.63, 3.8) is 0 Å². The molecular weight excluding hydrogens is 603 g/mol. The van der Waals surface area contributed by atoms with Gasteiger partial charge < -0.3 is 24.2 Å². The molecule has 0 bridgehead atoms. The molecule has 0 radical (unpaired) electrons. The molecule has 5 heteroatoms. The molecule has 7 aromatic rings. The van der Waals surface area contributed by atoms with Gasteiger partial charge in [0.2, 0.25) is 0 Å². The Kier molecular flexibility index (Phi) is 9.24. The lowest BCUT2D eigenvalue weighted by molar-refractivity contribution is 0.415. The zero-order chi connectivity index (χ0) is 33.4. The lowest BCUT2D eigenvalue weighted by atomic mass is 10.1. The first kappa shape index (κ1) is 31.2. The summed E-state index contributed by atoms with van der Waals surface area (Å²) in [6.45, 7) is 0. The van der Waals surface area contributed by atoms with E-state index < -0.39 is 0 Å². The molecule has 240 valence electrons. The van der Waals surface area contributed by atoms with Crippen LogP contribution in [0.15, 0.2) is 188 Å². The molecule has 0 amide bonds. The summed E-state index contributed by atoms with van der Waals surface area (Å²) in [5.41, 5.74) is 9.44. The molecule has 0 saturated heterocycles. The van der Waals surface area contributed by atoms with E-state index in [9.17, 15) is 0 Å². The monoisotopic (exact) mass is 639 g/mol. The van der Waals surface area contributed by atoms with Crippen LogP contribution in [-0.4, -0.2) is 14.2 Å². The first-order valence-electron chi connectivity index (χ1n) is 16.3. The molecule has 0 heterocycles. The van der Waals surface area contributed by atoms with Gasteiger partial charge in [0, 0.05) is 63.3 Å². The number of nitrogens with zero attached hydrogens (tertiary/aromatic N) is 3. The van der Waals surface area contributed by atoms with E-state index >= 15 is 0 Å². The number of methoxy groups -OCH3 is 2. The summed E-state index contributed by atoms with van der Waals surface area (Å²) in [5.74, 6) is 1.62. The largest absolute Gasteiger partial charge is 0.497 e. The summed E-state index contributed by atoms with van der Waals surface area (Å²) in [6.07, 6.45) is 0. The van der Waals surface area contributed by atoms with Crippen LogP contribution in [0.5, 0.6) is 11.5 Å². The molecule has 0 aromatic heterocycles. The van der Waals surface area contributed by atoms with Crippen molar-refractivity contribution >= 4 is 51.2 Å².